The van der Waals surface area contributed by atoms with Gasteiger partial charge in [0.1, 0.15) is 0 Å². The zero-order chi connectivity index (χ0) is 9.00. The first-order valence-corrected chi connectivity index (χ1v) is 10.5. The summed E-state index contributed by atoms with van der Waals surface area (Å²) in [6.07, 6.45) is 0. The van der Waals surface area contributed by atoms with Crippen LogP contribution in [0.3, 0.4) is 0 Å². The molecule has 0 aromatic rings. The standard InChI is InChI=1S/2C3H10NSi.Mg/c2*1-5(2,3)4;/h2*4H,1-3H3;/q2*-1;+2. The van der Waals surface area contributed by atoms with Gasteiger partial charge in [0.2, 0.25) is 0 Å². The summed E-state index contributed by atoms with van der Waals surface area (Å²) in [4.78, 5) is 0. The van der Waals surface area contributed by atoms with Crippen LogP contribution in [-0.2, 0) is 0 Å². The molecule has 0 amide bonds. The van der Waals surface area contributed by atoms with Gasteiger partial charge in [0.25, 0.3) is 0 Å². The molecule has 0 bridgehead atoms. The Hall–Kier alpha value is 1.12. The van der Waals surface area contributed by atoms with E-state index in [-0.39, 0.29) is 23.1 Å². The van der Waals surface area contributed by atoms with Crippen LogP contribution in [0.4, 0.5) is 0 Å². The average molecular weight is 201 g/mol. The second-order valence-electron chi connectivity index (χ2n) is 4.50. The van der Waals surface area contributed by atoms with Gasteiger partial charge in [0.05, 0.1) is 0 Å². The topological polar surface area (TPSA) is 47.6 Å². The third kappa shape index (κ3) is 737. The van der Waals surface area contributed by atoms with Crippen molar-refractivity contribution in [2.75, 3.05) is 0 Å². The second-order valence-corrected chi connectivity index (χ2v) is 13.5. The molecule has 2 N–H and O–H groups in total. The monoisotopic (exact) mass is 200 g/mol. The number of nitrogens with one attached hydrogen (secondary N) is 2. The third-order valence-corrected chi connectivity index (χ3v) is 0. The summed E-state index contributed by atoms with van der Waals surface area (Å²) < 4.78 is 0. The summed E-state index contributed by atoms with van der Waals surface area (Å²) >= 11 is 0. The van der Waals surface area contributed by atoms with Gasteiger partial charge in [-0.25, -0.2) is 0 Å². The summed E-state index contributed by atoms with van der Waals surface area (Å²) in [7, 11) is -2.72. The molecule has 2 nitrogen and oxygen atoms in total. The van der Waals surface area contributed by atoms with E-state index in [0.29, 0.717) is 0 Å². The molecule has 0 atom stereocenters. The van der Waals surface area contributed by atoms with Gasteiger partial charge < -0.3 is 10.8 Å². The molecule has 0 spiro atoms. The number of rotatable bonds is 0. The normalized spacial score (nSPS) is 10.9. The van der Waals surface area contributed by atoms with Crippen molar-refractivity contribution in [1.82, 2.24) is 0 Å². The minimum Gasteiger partial charge on any atom is -0.680 e. The fraction of sp³-hybridized carbons (Fsp3) is 1.00. The molecule has 0 aliphatic heterocycles. The van der Waals surface area contributed by atoms with Crippen molar-refractivity contribution in [1.29, 1.82) is 0 Å². The molecule has 5 heteroatoms. The summed E-state index contributed by atoms with van der Waals surface area (Å²) in [5, 5.41) is 14.2. The molecular formula is C6H20MgN2Si2. The Morgan fingerprint density at radius 3 is 0.636 bits per heavy atom. The average Bonchev–Trinajstić information content (AvgIpc) is 1.12. The molecule has 0 aromatic carbocycles. The molecule has 0 saturated heterocycles. The maximum atomic E-state index is 7.08. The molecule has 0 fully saturated rings. The minimum absolute atomic E-state index is 0. The fourth-order valence-corrected chi connectivity index (χ4v) is 0. The van der Waals surface area contributed by atoms with Crippen molar-refractivity contribution in [3.63, 3.8) is 0 Å². The number of hydrogen-bond acceptors (Lipinski definition) is 0. The van der Waals surface area contributed by atoms with Crippen molar-refractivity contribution in [2.45, 2.75) is 39.3 Å². The number of hydrogen-bond donors (Lipinski definition) is 0. The van der Waals surface area contributed by atoms with Gasteiger partial charge in [0.15, 0.2) is 0 Å². The van der Waals surface area contributed by atoms with Crippen LogP contribution in [0, 0.1) is 0 Å². The minimum atomic E-state index is -1.36. The summed E-state index contributed by atoms with van der Waals surface area (Å²) in [6, 6.07) is 0. The molecule has 0 aliphatic rings. The van der Waals surface area contributed by atoms with Gasteiger partial charge in [0, 0.05) is 0 Å². The van der Waals surface area contributed by atoms with Gasteiger partial charge in [-0.2, -0.15) is 0 Å². The van der Waals surface area contributed by atoms with Gasteiger partial charge in [-0.3, -0.25) is 0 Å². The van der Waals surface area contributed by atoms with Crippen molar-refractivity contribution >= 4 is 39.5 Å². The predicted octanol–water partition coefficient (Wildman–Crippen LogP) is 3.37. The first kappa shape index (κ1) is 18.0. The van der Waals surface area contributed by atoms with Gasteiger partial charge in [-0.05, 0) is 0 Å². The van der Waals surface area contributed by atoms with E-state index in [1.165, 1.54) is 0 Å². The Bertz CT molecular complexity index is 61.6. The molecule has 11 heavy (non-hydrogen) atoms. The molecule has 64 valence electrons. The first-order valence-electron chi connectivity index (χ1n) is 3.50. The summed E-state index contributed by atoms with van der Waals surface area (Å²) in [5.41, 5.74) is 0. The van der Waals surface area contributed by atoms with Crippen LogP contribution in [0.5, 0.6) is 0 Å². The Morgan fingerprint density at radius 1 is 0.636 bits per heavy atom. The van der Waals surface area contributed by atoms with E-state index in [2.05, 4.69) is 0 Å². The first-order chi connectivity index (χ1) is 4.00. The quantitative estimate of drug-likeness (QED) is 0.539. The van der Waals surface area contributed by atoms with E-state index in [1.807, 2.05) is 39.3 Å². The van der Waals surface area contributed by atoms with Crippen LogP contribution >= 0.6 is 0 Å². The molecule has 0 aromatic heterocycles. The predicted molar refractivity (Wildman–Crippen MR) is 61.1 cm³/mol. The molecular weight excluding hydrogens is 181 g/mol. The van der Waals surface area contributed by atoms with E-state index < -0.39 is 16.5 Å². The molecule has 0 heterocycles. The van der Waals surface area contributed by atoms with Gasteiger partial charge in [-0.1, -0.05) is 55.8 Å². The third-order valence-electron chi connectivity index (χ3n) is 0. The fourth-order valence-electron chi connectivity index (χ4n) is 0. The second kappa shape index (κ2) is 6.62. The Morgan fingerprint density at radius 2 is 0.636 bits per heavy atom. The van der Waals surface area contributed by atoms with E-state index in [0.717, 1.165) is 0 Å². The molecule has 0 radical (unpaired) electrons. The van der Waals surface area contributed by atoms with E-state index >= 15 is 0 Å². The summed E-state index contributed by atoms with van der Waals surface area (Å²) in [5.74, 6) is 0. The van der Waals surface area contributed by atoms with Crippen molar-refractivity contribution in [2.24, 2.45) is 0 Å². The van der Waals surface area contributed by atoms with E-state index in [4.69, 9.17) is 10.8 Å². The molecule has 0 saturated carbocycles. The van der Waals surface area contributed by atoms with Crippen LogP contribution in [0.15, 0.2) is 0 Å². The molecule has 0 aliphatic carbocycles. The zero-order valence-corrected chi connectivity index (χ0v) is 12.1. The van der Waals surface area contributed by atoms with E-state index in [9.17, 15) is 0 Å². The van der Waals surface area contributed by atoms with Crippen LogP contribution in [0.25, 0.3) is 10.8 Å². The van der Waals surface area contributed by atoms with Crippen molar-refractivity contribution in [3.05, 3.63) is 10.8 Å². The van der Waals surface area contributed by atoms with Crippen molar-refractivity contribution in [3.8, 4) is 0 Å². The SMILES string of the molecule is C[Si](C)(C)[NH-].C[Si](C)(C)[NH-].[Mg+2]. The Kier molecular flexibility index (Phi) is 10.8. The van der Waals surface area contributed by atoms with Crippen molar-refractivity contribution < 1.29 is 0 Å². The van der Waals surface area contributed by atoms with Crippen LogP contribution in [0.1, 0.15) is 0 Å². The maximum Gasteiger partial charge on any atom is 2.00 e. The van der Waals surface area contributed by atoms with E-state index in [1.54, 1.807) is 0 Å². The van der Waals surface area contributed by atoms with Gasteiger partial charge in [-0.15, -0.1) is 0 Å². The van der Waals surface area contributed by atoms with Crippen LogP contribution in [-0.4, -0.2) is 39.5 Å². The van der Waals surface area contributed by atoms with Crippen LogP contribution < -0.4 is 0 Å². The smallest absolute Gasteiger partial charge is 0.680 e. The zero-order valence-electron chi connectivity index (χ0n) is 8.71. The van der Waals surface area contributed by atoms with Crippen LogP contribution in [0.2, 0.25) is 39.3 Å². The Labute approximate surface area is 89.4 Å². The summed E-state index contributed by atoms with van der Waals surface area (Å²) in [6.45, 7) is 12.0. The molecule has 0 rings (SSSR count). The Balaban J connectivity index is -0.000000107. The molecule has 0 unspecified atom stereocenters. The van der Waals surface area contributed by atoms with Gasteiger partial charge >= 0.3 is 23.1 Å². The maximum absolute atomic E-state index is 7.08. The largest absolute Gasteiger partial charge is 2.00 e.